The van der Waals surface area contributed by atoms with Crippen molar-refractivity contribution in [1.82, 2.24) is 10.6 Å². The highest BCUT2D eigenvalue weighted by atomic mass is 31.2. The molecule has 0 bridgehead atoms. The molecule has 0 aromatic heterocycles. The van der Waals surface area contributed by atoms with Crippen LogP contribution in [0.1, 0.15) is 323 Å². The fourth-order valence-electron chi connectivity index (χ4n) is 10.8. The molecule has 0 aliphatic heterocycles. The monoisotopic (exact) mass is 1280 g/mol. The molecular weight excluding hydrogens is 1150 g/mol. The first-order valence-electron chi connectivity index (χ1n) is 34.9. The summed E-state index contributed by atoms with van der Waals surface area (Å²) in [5.41, 5.74) is -3.47. The first-order chi connectivity index (χ1) is 41.8. The number of phosphoric ester groups is 2. The van der Waals surface area contributed by atoms with Crippen LogP contribution >= 0.6 is 15.6 Å². The second-order valence-corrected chi connectivity index (χ2v) is 27.8. The van der Waals surface area contributed by atoms with Gasteiger partial charge in [-0.3, -0.25) is 28.2 Å². The van der Waals surface area contributed by atoms with Crippen LogP contribution in [0.4, 0.5) is 0 Å². The third-order valence-electron chi connectivity index (χ3n) is 16.5. The minimum atomic E-state index is -5.15. The van der Waals surface area contributed by atoms with E-state index >= 15 is 0 Å². The number of aliphatic hydroxyl groups is 2. The summed E-state index contributed by atoms with van der Waals surface area (Å²) in [5.74, 6) is -1.90. The van der Waals surface area contributed by atoms with Gasteiger partial charge in [0.15, 0.2) is 0 Å². The smallest absolute Gasteiger partial charge is 0.462 e. The molecule has 0 aromatic rings. The fourth-order valence-corrected chi connectivity index (χ4v) is 11.6. The number of ether oxygens (including phenoxy) is 3. The van der Waals surface area contributed by atoms with Crippen LogP contribution in [0, 0.1) is 10.8 Å². The van der Waals surface area contributed by atoms with Crippen molar-refractivity contribution in [2.75, 3.05) is 52.7 Å². The molecule has 0 saturated carbocycles. The quantitative estimate of drug-likeness (QED) is 0.0159. The lowest BCUT2D eigenvalue weighted by Crippen LogP contribution is -2.50. The second kappa shape index (κ2) is 56.7. The Labute approximate surface area is 528 Å². The maximum atomic E-state index is 13.7. The van der Waals surface area contributed by atoms with Gasteiger partial charge in [-0.2, -0.15) is 0 Å². The molecule has 0 aliphatic rings. The highest BCUT2D eigenvalue weighted by molar-refractivity contribution is 7.46. The molecule has 516 valence electrons. The van der Waals surface area contributed by atoms with Crippen molar-refractivity contribution in [2.45, 2.75) is 335 Å². The predicted octanol–water partition coefficient (Wildman–Crippen LogP) is 15.3. The van der Waals surface area contributed by atoms with E-state index in [1.165, 1.54) is 141 Å². The van der Waals surface area contributed by atoms with Gasteiger partial charge in [0.2, 0.25) is 11.8 Å². The van der Waals surface area contributed by atoms with Crippen LogP contribution in [0.15, 0.2) is 0 Å². The molecule has 0 saturated heterocycles. The molecular formula is C66H130N2O17P2. The van der Waals surface area contributed by atoms with Crippen molar-refractivity contribution in [2.24, 2.45) is 10.8 Å². The maximum absolute atomic E-state index is 13.7. The van der Waals surface area contributed by atoms with E-state index in [9.17, 15) is 58.1 Å². The SMILES string of the molecule is CCCCCCCCCCCCCC(=O)OC(CCCCCCCCCCC)CC(=O)NCC(CO)(COCC(CO)(CNC(=O)CC(CCCCCCCCCCC)OC(=O)CCCCCCCCCCCCC)COP(=O)(O)O)COP(=O)(O)O. The van der Waals surface area contributed by atoms with Gasteiger partial charge < -0.3 is 54.6 Å². The van der Waals surface area contributed by atoms with E-state index in [0.29, 0.717) is 25.7 Å². The van der Waals surface area contributed by atoms with Crippen molar-refractivity contribution in [1.29, 1.82) is 0 Å². The number of amides is 2. The van der Waals surface area contributed by atoms with Gasteiger partial charge in [-0.1, -0.05) is 259 Å². The summed E-state index contributed by atoms with van der Waals surface area (Å²) >= 11 is 0. The van der Waals surface area contributed by atoms with Crippen LogP contribution in [-0.4, -0.2) is 118 Å². The molecule has 4 unspecified atom stereocenters. The summed E-state index contributed by atoms with van der Waals surface area (Å²) in [5, 5.41) is 27.1. The minimum absolute atomic E-state index is 0.214. The van der Waals surface area contributed by atoms with Gasteiger partial charge in [0.25, 0.3) is 0 Å². The van der Waals surface area contributed by atoms with E-state index in [2.05, 4.69) is 38.3 Å². The molecule has 0 spiro atoms. The van der Waals surface area contributed by atoms with E-state index in [0.717, 1.165) is 103 Å². The van der Waals surface area contributed by atoms with E-state index in [4.69, 9.17) is 23.3 Å². The van der Waals surface area contributed by atoms with Crippen LogP contribution in [-0.2, 0) is 51.6 Å². The Morgan fingerprint density at radius 3 is 0.851 bits per heavy atom. The zero-order valence-corrected chi connectivity index (χ0v) is 57.2. The van der Waals surface area contributed by atoms with Crippen molar-refractivity contribution in [3.63, 3.8) is 0 Å². The zero-order chi connectivity index (χ0) is 64.6. The highest BCUT2D eigenvalue weighted by Gasteiger charge is 2.39. The first-order valence-corrected chi connectivity index (χ1v) is 38.0. The molecule has 19 nitrogen and oxygen atoms in total. The maximum Gasteiger partial charge on any atom is 0.469 e. The molecule has 4 atom stereocenters. The Bertz CT molecular complexity index is 1630. The summed E-state index contributed by atoms with van der Waals surface area (Å²) in [6.45, 7) is 3.40. The summed E-state index contributed by atoms with van der Waals surface area (Å²) < 4.78 is 51.6. The van der Waals surface area contributed by atoms with Gasteiger partial charge >= 0.3 is 27.6 Å². The van der Waals surface area contributed by atoms with E-state index in [1.807, 2.05) is 0 Å². The van der Waals surface area contributed by atoms with Crippen molar-refractivity contribution < 1.29 is 81.4 Å². The van der Waals surface area contributed by atoms with E-state index < -0.39 is 103 Å². The predicted molar refractivity (Wildman–Crippen MR) is 347 cm³/mol. The number of nitrogens with one attached hydrogen (secondary N) is 2. The van der Waals surface area contributed by atoms with Gasteiger partial charge in [-0.25, -0.2) is 9.13 Å². The van der Waals surface area contributed by atoms with Crippen LogP contribution in [0.25, 0.3) is 0 Å². The molecule has 8 N–H and O–H groups in total. The number of rotatable bonds is 66. The molecule has 0 fully saturated rings. The van der Waals surface area contributed by atoms with Crippen LogP contribution < -0.4 is 10.6 Å². The highest BCUT2D eigenvalue weighted by Crippen LogP contribution is 2.40. The summed E-state index contributed by atoms with van der Waals surface area (Å²) in [7, 11) is -10.3. The Hall–Kier alpha value is -2.02. The van der Waals surface area contributed by atoms with Crippen LogP contribution in [0.5, 0.6) is 0 Å². The second-order valence-electron chi connectivity index (χ2n) is 25.3. The summed E-state index contributed by atoms with van der Waals surface area (Å²) in [6.07, 6.45) is 43.8. The summed E-state index contributed by atoms with van der Waals surface area (Å²) in [4.78, 5) is 92.7. The van der Waals surface area contributed by atoms with Gasteiger partial charge in [-0.05, 0) is 38.5 Å². The zero-order valence-electron chi connectivity index (χ0n) is 55.4. The molecule has 87 heavy (non-hydrogen) atoms. The molecule has 2 amide bonds. The number of carbonyl (C=O) groups excluding carboxylic acids is 4. The van der Waals surface area contributed by atoms with E-state index in [1.54, 1.807) is 0 Å². The number of hydrogen-bond donors (Lipinski definition) is 8. The molecule has 0 aromatic carbocycles. The Balaban J connectivity index is 6.05. The van der Waals surface area contributed by atoms with Crippen molar-refractivity contribution in [3.8, 4) is 0 Å². The lowest BCUT2D eigenvalue weighted by Gasteiger charge is -2.35. The van der Waals surface area contributed by atoms with Gasteiger partial charge in [0.05, 0.1) is 63.3 Å². The lowest BCUT2D eigenvalue weighted by atomic mass is 9.89. The number of aliphatic hydroxyl groups excluding tert-OH is 2. The average molecular weight is 1290 g/mol. The Morgan fingerprint density at radius 2 is 0.609 bits per heavy atom. The number of hydrogen-bond acceptors (Lipinski definition) is 13. The molecule has 0 heterocycles. The largest absolute Gasteiger partial charge is 0.469 e. The standard InChI is InChI=1S/C66H130N2O17P2/c1-5-9-13-17-21-25-27-31-35-39-43-47-63(73)84-59(45-41-37-33-29-23-19-15-11-7-3)49-61(71)67-51-65(53-69,57-82-86(75,76)77)55-81-56-66(54-70,58-83-87(78,79)80)52-68-62(72)50-60(46-42-38-34-30-24-20-16-12-8-4)85-64(74)48-44-40-36-32-28-26-22-18-14-10-6-2/h59-60,69-70H,5-58H2,1-4H3,(H,67,71)(H,68,72)(H2,75,76,77)(H2,78,79,80). The van der Waals surface area contributed by atoms with Gasteiger partial charge in [0, 0.05) is 25.9 Å². The number of unbranched alkanes of at least 4 members (excludes halogenated alkanes) is 36. The normalized spacial score (nSPS) is 14.1. The number of phosphoric acid groups is 2. The van der Waals surface area contributed by atoms with E-state index in [-0.39, 0.29) is 37.6 Å². The lowest BCUT2D eigenvalue weighted by molar-refractivity contribution is -0.152. The van der Waals surface area contributed by atoms with Crippen LogP contribution in [0.2, 0.25) is 0 Å². The molecule has 0 aliphatic carbocycles. The first kappa shape index (κ1) is 85.0. The van der Waals surface area contributed by atoms with Crippen molar-refractivity contribution >= 4 is 39.4 Å². The Morgan fingerprint density at radius 1 is 0.368 bits per heavy atom. The van der Waals surface area contributed by atoms with Gasteiger partial charge in [-0.15, -0.1) is 0 Å². The molecule has 0 radical (unpaired) electrons. The molecule has 0 rings (SSSR count). The molecule has 21 heteroatoms. The Kier molecular flexibility index (Phi) is 55.4. The van der Waals surface area contributed by atoms with Crippen LogP contribution in [0.3, 0.4) is 0 Å². The average Bonchev–Trinajstić information content (AvgIpc) is 3.59. The number of esters is 2. The number of carbonyl (C=O) groups is 4. The topological polar surface area (TPSA) is 294 Å². The van der Waals surface area contributed by atoms with Crippen molar-refractivity contribution in [3.05, 3.63) is 0 Å². The van der Waals surface area contributed by atoms with Gasteiger partial charge in [0.1, 0.15) is 12.2 Å². The third-order valence-corrected chi connectivity index (χ3v) is 17.5. The fraction of sp³-hybridized carbons (Fsp3) is 0.939. The third kappa shape index (κ3) is 54.3. The summed E-state index contributed by atoms with van der Waals surface area (Å²) in [6, 6.07) is 0. The minimum Gasteiger partial charge on any atom is -0.462 e.